The number of halogens is 1. The molecule has 1 amide bonds. The Hall–Kier alpha value is -2.16. The van der Waals surface area contributed by atoms with Crippen LogP contribution in [0.5, 0.6) is 0 Å². The van der Waals surface area contributed by atoms with Gasteiger partial charge in [-0.3, -0.25) is 4.79 Å². The van der Waals surface area contributed by atoms with E-state index >= 15 is 0 Å². The summed E-state index contributed by atoms with van der Waals surface area (Å²) < 4.78 is 12.9. The fourth-order valence-corrected chi connectivity index (χ4v) is 2.58. The van der Waals surface area contributed by atoms with Gasteiger partial charge in [-0.05, 0) is 47.6 Å². The van der Waals surface area contributed by atoms with Gasteiger partial charge in [-0.2, -0.15) is 0 Å². The van der Waals surface area contributed by atoms with Crippen molar-refractivity contribution in [3.8, 4) is 0 Å². The fraction of sp³-hybridized carbons (Fsp3) is 0.381. The summed E-state index contributed by atoms with van der Waals surface area (Å²) in [5, 5.41) is 2.96. The molecule has 0 aromatic heterocycles. The van der Waals surface area contributed by atoms with Crippen molar-refractivity contribution in [2.24, 2.45) is 0 Å². The second-order valence-corrected chi connectivity index (χ2v) is 7.29. The molecular weight excluding hydrogens is 301 g/mol. The van der Waals surface area contributed by atoms with E-state index in [0.29, 0.717) is 12.8 Å². The molecule has 1 N–H and O–H groups in total. The van der Waals surface area contributed by atoms with E-state index in [4.69, 9.17) is 0 Å². The number of carbonyl (C=O) groups excluding carboxylic acids is 1. The molecule has 0 bridgehead atoms. The highest BCUT2D eigenvalue weighted by Gasteiger charge is 2.13. The Morgan fingerprint density at radius 2 is 1.62 bits per heavy atom. The van der Waals surface area contributed by atoms with Gasteiger partial charge in [0.05, 0.1) is 6.04 Å². The molecular formula is C21H26FNO. The molecule has 0 heterocycles. The number of aryl methyl sites for hydroxylation is 1. The van der Waals surface area contributed by atoms with Crippen LogP contribution >= 0.6 is 0 Å². The normalized spacial score (nSPS) is 12.7. The molecule has 0 spiro atoms. The molecule has 0 aliphatic heterocycles. The van der Waals surface area contributed by atoms with Crippen molar-refractivity contribution in [2.75, 3.05) is 0 Å². The molecule has 2 rings (SSSR count). The number of nitrogens with one attached hydrogen (secondary N) is 1. The molecule has 24 heavy (non-hydrogen) atoms. The largest absolute Gasteiger partial charge is 0.350 e. The number of amides is 1. The summed E-state index contributed by atoms with van der Waals surface area (Å²) in [6.07, 6.45) is 1.16. The van der Waals surface area contributed by atoms with Crippen molar-refractivity contribution in [3.05, 3.63) is 71.0 Å². The molecule has 0 saturated heterocycles. The molecule has 128 valence electrons. The minimum Gasteiger partial charge on any atom is -0.350 e. The van der Waals surface area contributed by atoms with Gasteiger partial charge in [0, 0.05) is 6.42 Å². The minimum atomic E-state index is -0.268. The smallest absolute Gasteiger partial charge is 0.220 e. The summed E-state index contributed by atoms with van der Waals surface area (Å²) in [7, 11) is 0. The first kappa shape index (κ1) is 18.2. The number of hydrogen-bond acceptors (Lipinski definition) is 1. The van der Waals surface area contributed by atoms with Crippen LogP contribution in [-0.4, -0.2) is 5.91 Å². The van der Waals surface area contributed by atoms with E-state index in [9.17, 15) is 9.18 Å². The lowest BCUT2D eigenvalue weighted by Crippen LogP contribution is -2.26. The third-order valence-corrected chi connectivity index (χ3v) is 4.21. The molecule has 0 radical (unpaired) electrons. The molecule has 0 unspecified atom stereocenters. The summed E-state index contributed by atoms with van der Waals surface area (Å²) in [6.45, 7) is 8.47. The van der Waals surface area contributed by atoms with Crippen LogP contribution < -0.4 is 5.32 Å². The van der Waals surface area contributed by atoms with Crippen LogP contribution in [0.25, 0.3) is 0 Å². The first-order valence-corrected chi connectivity index (χ1v) is 8.40. The van der Waals surface area contributed by atoms with Gasteiger partial charge in [-0.1, -0.05) is 57.2 Å². The molecule has 2 aromatic carbocycles. The predicted octanol–water partition coefficient (Wildman–Crippen LogP) is 4.93. The zero-order valence-electron chi connectivity index (χ0n) is 14.9. The lowest BCUT2D eigenvalue weighted by molar-refractivity contribution is -0.121. The Morgan fingerprint density at radius 3 is 2.17 bits per heavy atom. The van der Waals surface area contributed by atoms with Gasteiger partial charge < -0.3 is 5.32 Å². The van der Waals surface area contributed by atoms with Crippen molar-refractivity contribution in [3.63, 3.8) is 0 Å². The second kappa shape index (κ2) is 7.61. The standard InChI is InChI=1S/C21H26FNO/c1-15(17-8-12-19(22)13-9-17)23-20(24)14-7-16-5-10-18(11-6-16)21(2,3)4/h5-6,8-13,15H,7,14H2,1-4H3,(H,23,24)/t15-/m0/s1. The Balaban J connectivity index is 1.85. The van der Waals surface area contributed by atoms with Gasteiger partial charge in [0.2, 0.25) is 5.91 Å². The molecule has 0 aliphatic carbocycles. The van der Waals surface area contributed by atoms with E-state index in [1.807, 2.05) is 6.92 Å². The quantitative estimate of drug-likeness (QED) is 0.828. The van der Waals surface area contributed by atoms with Gasteiger partial charge in [-0.15, -0.1) is 0 Å². The van der Waals surface area contributed by atoms with Crippen LogP contribution in [0.2, 0.25) is 0 Å². The Bertz CT molecular complexity index is 668. The first-order valence-electron chi connectivity index (χ1n) is 8.40. The second-order valence-electron chi connectivity index (χ2n) is 7.29. The van der Waals surface area contributed by atoms with Gasteiger partial charge in [0.15, 0.2) is 0 Å². The summed E-state index contributed by atoms with van der Waals surface area (Å²) in [5.74, 6) is -0.261. The molecule has 0 aliphatic rings. The maximum absolute atomic E-state index is 12.9. The van der Waals surface area contributed by atoms with Crippen LogP contribution in [0, 0.1) is 5.82 Å². The third kappa shape index (κ3) is 5.19. The van der Waals surface area contributed by atoms with Gasteiger partial charge in [0.1, 0.15) is 5.82 Å². The third-order valence-electron chi connectivity index (χ3n) is 4.21. The monoisotopic (exact) mass is 327 g/mol. The number of rotatable bonds is 5. The lowest BCUT2D eigenvalue weighted by atomic mass is 9.86. The molecule has 2 nitrogen and oxygen atoms in total. The van der Waals surface area contributed by atoms with E-state index < -0.39 is 0 Å². The van der Waals surface area contributed by atoms with Crippen LogP contribution in [0.15, 0.2) is 48.5 Å². The van der Waals surface area contributed by atoms with Gasteiger partial charge >= 0.3 is 0 Å². The predicted molar refractivity (Wildman–Crippen MR) is 96.4 cm³/mol. The van der Waals surface area contributed by atoms with Crippen LogP contribution in [0.4, 0.5) is 4.39 Å². The average Bonchev–Trinajstić information content (AvgIpc) is 2.53. The number of hydrogen-bond donors (Lipinski definition) is 1. The van der Waals surface area contributed by atoms with Crippen molar-refractivity contribution in [1.29, 1.82) is 0 Å². The number of benzene rings is 2. The van der Waals surface area contributed by atoms with Gasteiger partial charge in [-0.25, -0.2) is 4.39 Å². The van der Waals surface area contributed by atoms with Gasteiger partial charge in [0.25, 0.3) is 0 Å². The Kier molecular flexibility index (Phi) is 5.76. The maximum atomic E-state index is 12.9. The highest BCUT2D eigenvalue weighted by atomic mass is 19.1. The maximum Gasteiger partial charge on any atom is 0.220 e. The van der Waals surface area contributed by atoms with E-state index in [2.05, 4.69) is 50.4 Å². The van der Waals surface area contributed by atoms with E-state index in [0.717, 1.165) is 11.1 Å². The van der Waals surface area contributed by atoms with Crippen molar-refractivity contribution < 1.29 is 9.18 Å². The van der Waals surface area contributed by atoms with Crippen molar-refractivity contribution in [2.45, 2.75) is 52.0 Å². The first-order chi connectivity index (χ1) is 11.3. The van der Waals surface area contributed by atoms with Crippen molar-refractivity contribution in [1.82, 2.24) is 5.32 Å². The molecule has 0 saturated carbocycles. The summed E-state index contributed by atoms with van der Waals surface area (Å²) in [4.78, 5) is 12.1. The average molecular weight is 327 g/mol. The zero-order chi connectivity index (χ0) is 17.7. The molecule has 1 atom stereocenters. The lowest BCUT2D eigenvalue weighted by Gasteiger charge is -2.19. The molecule has 0 fully saturated rings. The topological polar surface area (TPSA) is 29.1 Å². The SMILES string of the molecule is C[C@H](NC(=O)CCc1ccc(C(C)(C)C)cc1)c1ccc(F)cc1. The zero-order valence-corrected chi connectivity index (χ0v) is 14.9. The highest BCUT2D eigenvalue weighted by Crippen LogP contribution is 2.22. The Labute approximate surface area is 144 Å². The fourth-order valence-electron chi connectivity index (χ4n) is 2.58. The molecule has 3 heteroatoms. The van der Waals surface area contributed by atoms with Crippen LogP contribution in [0.3, 0.4) is 0 Å². The van der Waals surface area contributed by atoms with Crippen LogP contribution in [-0.2, 0) is 16.6 Å². The van der Waals surface area contributed by atoms with Crippen LogP contribution in [0.1, 0.15) is 56.8 Å². The van der Waals surface area contributed by atoms with Crippen molar-refractivity contribution >= 4 is 5.91 Å². The highest BCUT2D eigenvalue weighted by molar-refractivity contribution is 5.76. The summed E-state index contributed by atoms with van der Waals surface area (Å²) in [6, 6.07) is 14.6. The van der Waals surface area contributed by atoms with E-state index in [-0.39, 0.29) is 23.2 Å². The molecule has 2 aromatic rings. The Morgan fingerprint density at radius 1 is 1.04 bits per heavy atom. The number of carbonyl (C=O) groups is 1. The summed E-state index contributed by atoms with van der Waals surface area (Å²) in [5.41, 5.74) is 3.49. The van der Waals surface area contributed by atoms with E-state index in [1.54, 1.807) is 12.1 Å². The minimum absolute atomic E-state index is 0.00622. The summed E-state index contributed by atoms with van der Waals surface area (Å²) >= 11 is 0. The van der Waals surface area contributed by atoms with E-state index in [1.165, 1.54) is 17.7 Å².